The SMILES string of the molecule is O=C(c1nnn(-c2ccc(OC(F)(F)F)cc2)c1CSc1ncccn1)N1CCCC1. The molecule has 1 saturated heterocycles. The van der Waals surface area contributed by atoms with E-state index in [1.54, 1.807) is 23.4 Å². The number of thioether (sulfide) groups is 1. The maximum Gasteiger partial charge on any atom is 0.573 e. The van der Waals surface area contributed by atoms with E-state index in [4.69, 9.17) is 0 Å². The van der Waals surface area contributed by atoms with Crippen molar-refractivity contribution < 1.29 is 22.7 Å². The van der Waals surface area contributed by atoms with Crippen LogP contribution in [0, 0.1) is 0 Å². The number of rotatable bonds is 6. The van der Waals surface area contributed by atoms with E-state index in [9.17, 15) is 18.0 Å². The van der Waals surface area contributed by atoms with Crippen molar-refractivity contribution in [1.82, 2.24) is 29.9 Å². The summed E-state index contributed by atoms with van der Waals surface area (Å²) in [5, 5.41) is 8.70. The van der Waals surface area contributed by atoms with Crippen LogP contribution < -0.4 is 4.74 Å². The summed E-state index contributed by atoms with van der Waals surface area (Å²) in [5.74, 6) is -0.268. The number of benzene rings is 1. The zero-order valence-corrected chi connectivity index (χ0v) is 16.9. The number of ether oxygens (including phenoxy) is 1. The maximum absolute atomic E-state index is 13.0. The van der Waals surface area contributed by atoms with E-state index in [0.29, 0.717) is 35.4 Å². The number of carbonyl (C=O) groups is 1. The van der Waals surface area contributed by atoms with Crippen LogP contribution in [0.5, 0.6) is 5.75 Å². The van der Waals surface area contributed by atoms with Crippen LogP contribution in [0.4, 0.5) is 13.2 Å². The van der Waals surface area contributed by atoms with E-state index < -0.39 is 6.36 Å². The molecule has 0 radical (unpaired) electrons. The fraction of sp³-hybridized carbons (Fsp3) is 0.316. The van der Waals surface area contributed by atoms with E-state index in [-0.39, 0.29) is 17.4 Å². The molecule has 3 aromatic rings. The number of carbonyl (C=O) groups excluding carboxylic acids is 1. The van der Waals surface area contributed by atoms with Crippen molar-refractivity contribution in [1.29, 1.82) is 0 Å². The molecule has 1 amide bonds. The summed E-state index contributed by atoms with van der Waals surface area (Å²) in [6.07, 6.45) is 0.313. The highest BCUT2D eigenvalue weighted by Gasteiger charge is 2.31. The van der Waals surface area contributed by atoms with E-state index in [1.807, 2.05) is 0 Å². The number of likely N-dealkylation sites (tertiary alicyclic amines) is 1. The van der Waals surface area contributed by atoms with Gasteiger partial charge in [-0.25, -0.2) is 14.6 Å². The van der Waals surface area contributed by atoms with Gasteiger partial charge >= 0.3 is 6.36 Å². The molecular weight excluding hydrogens is 433 g/mol. The third kappa shape index (κ3) is 5.13. The summed E-state index contributed by atoms with van der Waals surface area (Å²) in [6.45, 7) is 1.31. The molecule has 0 bridgehead atoms. The summed E-state index contributed by atoms with van der Waals surface area (Å²) >= 11 is 1.30. The molecule has 0 N–H and O–H groups in total. The van der Waals surface area contributed by atoms with Crippen molar-refractivity contribution >= 4 is 17.7 Å². The molecule has 0 aliphatic carbocycles. The quantitative estimate of drug-likeness (QED) is 0.420. The standard InChI is InChI=1S/C19H17F3N6O2S/c20-19(21,22)30-14-6-4-13(5-7-14)28-15(12-31-18-23-8-3-9-24-18)16(25-26-28)17(29)27-10-1-2-11-27/h3-9H,1-2,10-12H2. The Morgan fingerprint density at radius 3 is 2.42 bits per heavy atom. The lowest BCUT2D eigenvalue weighted by Crippen LogP contribution is -2.28. The Labute approximate surface area is 179 Å². The minimum absolute atomic E-state index is 0.209. The molecule has 8 nitrogen and oxygen atoms in total. The Morgan fingerprint density at radius 1 is 1.10 bits per heavy atom. The average molecular weight is 450 g/mol. The van der Waals surface area contributed by atoms with Gasteiger partial charge in [0.1, 0.15) is 5.75 Å². The molecule has 12 heteroatoms. The van der Waals surface area contributed by atoms with Gasteiger partial charge in [-0.1, -0.05) is 17.0 Å². The summed E-state index contributed by atoms with van der Waals surface area (Å²) in [5.41, 5.74) is 1.17. The fourth-order valence-corrected chi connectivity index (χ4v) is 3.95. The monoisotopic (exact) mass is 450 g/mol. The van der Waals surface area contributed by atoms with Crippen LogP contribution in [0.1, 0.15) is 29.0 Å². The second-order valence-corrected chi connectivity index (χ2v) is 7.60. The predicted octanol–water partition coefficient (Wildman–Crippen LogP) is 3.48. The first-order valence-corrected chi connectivity index (χ1v) is 10.4. The normalized spacial score (nSPS) is 14.1. The second kappa shape index (κ2) is 8.92. The van der Waals surface area contributed by atoms with Crippen LogP contribution in [0.15, 0.2) is 47.9 Å². The number of amides is 1. The van der Waals surface area contributed by atoms with Crippen LogP contribution in [0.3, 0.4) is 0 Å². The number of hydrogen-bond donors (Lipinski definition) is 0. The molecule has 0 saturated carbocycles. The summed E-state index contributed by atoms with van der Waals surface area (Å²) < 4.78 is 42.6. The molecule has 31 heavy (non-hydrogen) atoms. The van der Waals surface area contributed by atoms with Gasteiger partial charge in [-0.3, -0.25) is 4.79 Å². The molecule has 1 aliphatic heterocycles. The molecule has 162 valence electrons. The number of hydrogen-bond acceptors (Lipinski definition) is 7. The van der Waals surface area contributed by atoms with Crippen molar-refractivity contribution in [3.63, 3.8) is 0 Å². The van der Waals surface area contributed by atoms with Gasteiger partial charge in [0.2, 0.25) is 0 Å². The topological polar surface area (TPSA) is 86.0 Å². The summed E-state index contributed by atoms with van der Waals surface area (Å²) in [7, 11) is 0. The first kappa shape index (κ1) is 21.1. The van der Waals surface area contributed by atoms with Gasteiger partial charge in [-0.05, 0) is 43.2 Å². The Morgan fingerprint density at radius 2 is 1.77 bits per heavy atom. The first-order valence-electron chi connectivity index (χ1n) is 9.40. The zero-order valence-electron chi connectivity index (χ0n) is 16.1. The zero-order chi connectivity index (χ0) is 21.8. The minimum atomic E-state index is -4.78. The molecule has 1 fully saturated rings. The van der Waals surface area contributed by atoms with E-state index in [2.05, 4.69) is 25.0 Å². The largest absolute Gasteiger partial charge is 0.573 e. The Hall–Kier alpha value is -3.15. The Balaban J connectivity index is 1.64. The first-order chi connectivity index (χ1) is 14.9. The van der Waals surface area contributed by atoms with Crippen LogP contribution in [-0.4, -0.2) is 55.2 Å². The molecule has 3 heterocycles. The molecule has 0 unspecified atom stereocenters. The molecular formula is C19H17F3N6O2S. The molecule has 2 aromatic heterocycles. The van der Waals surface area contributed by atoms with Gasteiger partial charge in [0.05, 0.1) is 11.4 Å². The van der Waals surface area contributed by atoms with Gasteiger partial charge in [-0.15, -0.1) is 18.3 Å². The highest BCUT2D eigenvalue weighted by atomic mass is 32.2. The third-order valence-electron chi connectivity index (χ3n) is 4.55. The van der Waals surface area contributed by atoms with Gasteiger partial charge < -0.3 is 9.64 Å². The summed E-state index contributed by atoms with van der Waals surface area (Å²) in [6, 6.07) is 6.91. The Kier molecular flexibility index (Phi) is 6.07. The average Bonchev–Trinajstić information content (AvgIpc) is 3.42. The number of alkyl halides is 3. The Bertz CT molecular complexity index is 1040. The fourth-order valence-electron chi connectivity index (χ4n) is 3.16. The van der Waals surface area contributed by atoms with Gasteiger partial charge in [0.15, 0.2) is 10.9 Å². The van der Waals surface area contributed by atoms with Crippen molar-refractivity contribution in [2.45, 2.75) is 30.1 Å². The number of aromatic nitrogens is 5. The number of nitrogens with zero attached hydrogens (tertiary/aromatic N) is 6. The maximum atomic E-state index is 13.0. The van der Waals surface area contributed by atoms with Crippen LogP contribution in [0.25, 0.3) is 5.69 Å². The van der Waals surface area contributed by atoms with Gasteiger partial charge in [0, 0.05) is 31.2 Å². The highest BCUT2D eigenvalue weighted by molar-refractivity contribution is 7.98. The summed E-state index contributed by atoms with van der Waals surface area (Å²) in [4.78, 5) is 23.0. The smallest absolute Gasteiger partial charge is 0.406 e. The molecule has 4 rings (SSSR count). The van der Waals surface area contributed by atoms with Gasteiger partial charge in [-0.2, -0.15) is 0 Å². The molecule has 1 aliphatic rings. The molecule has 0 atom stereocenters. The lowest BCUT2D eigenvalue weighted by molar-refractivity contribution is -0.274. The van der Waals surface area contributed by atoms with Crippen LogP contribution in [-0.2, 0) is 5.75 Å². The minimum Gasteiger partial charge on any atom is -0.406 e. The lowest BCUT2D eigenvalue weighted by atomic mass is 10.2. The van der Waals surface area contributed by atoms with Crippen molar-refractivity contribution in [3.05, 3.63) is 54.1 Å². The van der Waals surface area contributed by atoms with Crippen molar-refractivity contribution in [3.8, 4) is 11.4 Å². The van der Waals surface area contributed by atoms with E-state index >= 15 is 0 Å². The van der Waals surface area contributed by atoms with E-state index in [1.165, 1.54) is 40.7 Å². The number of halogens is 3. The second-order valence-electron chi connectivity index (χ2n) is 6.66. The third-order valence-corrected chi connectivity index (χ3v) is 5.44. The highest BCUT2D eigenvalue weighted by Crippen LogP contribution is 2.27. The van der Waals surface area contributed by atoms with Crippen molar-refractivity contribution in [2.75, 3.05) is 13.1 Å². The van der Waals surface area contributed by atoms with Gasteiger partial charge in [0.25, 0.3) is 5.91 Å². The molecule has 1 aromatic carbocycles. The van der Waals surface area contributed by atoms with Crippen LogP contribution in [0.2, 0.25) is 0 Å². The predicted molar refractivity (Wildman–Crippen MR) is 105 cm³/mol. The van der Waals surface area contributed by atoms with Crippen LogP contribution >= 0.6 is 11.8 Å². The molecule has 0 spiro atoms. The lowest BCUT2D eigenvalue weighted by Gasteiger charge is -2.15. The van der Waals surface area contributed by atoms with Crippen molar-refractivity contribution in [2.24, 2.45) is 0 Å². The van der Waals surface area contributed by atoms with E-state index in [0.717, 1.165) is 12.8 Å².